The van der Waals surface area contributed by atoms with Gasteiger partial charge >= 0.3 is 5.97 Å². The number of aryl methyl sites for hydroxylation is 1. The van der Waals surface area contributed by atoms with Crippen molar-refractivity contribution in [3.05, 3.63) is 91.6 Å². The van der Waals surface area contributed by atoms with E-state index in [0.717, 1.165) is 33.6 Å². The van der Waals surface area contributed by atoms with Crippen molar-refractivity contribution in [1.82, 2.24) is 9.47 Å². The average molecular weight is 515 g/mol. The Bertz CT molecular complexity index is 1340. The molecule has 1 aliphatic heterocycles. The third kappa shape index (κ3) is 4.39. The largest absolute Gasteiger partial charge is 0.465 e. The highest BCUT2D eigenvalue weighted by Crippen LogP contribution is 2.36. The number of ether oxygens (including phenoxy) is 1. The number of thioether (sulfide) groups is 1. The summed E-state index contributed by atoms with van der Waals surface area (Å²) in [4.78, 5) is 39.4. The Labute approximate surface area is 211 Å². The molecule has 6 nitrogen and oxygen atoms in total. The van der Waals surface area contributed by atoms with Crippen LogP contribution < -0.4 is 0 Å². The van der Waals surface area contributed by atoms with E-state index in [1.807, 2.05) is 36.6 Å². The molecule has 1 aromatic heterocycles. The third-order valence-electron chi connectivity index (χ3n) is 5.56. The van der Waals surface area contributed by atoms with Crippen molar-refractivity contribution in [2.75, 3.05) is 7.11 Å². The van der Waals surface area contributed by atoms with Crippen molar-refractivity contribution < 1.29 is 19.1 Å². The number of methoxy groups -OCH3 is 1. The van der Waals surface area contributed by atoms with Gasteiger partial charge < -0.3 is 9.30 Å². The summed E-state index contributed by atoms with van der Waals surface area (Å²) in [7, 11) is 1.34. The molecule has 9 heteroatoms. The molecule has 3 aromatic rings. The number of aromatic nitrogens is 1. The maximum atomic E-state index is 13.1. The van der Waals surface area contributed by atoms with Crippen LogP contribution in [-0.4, -0.2) is 33.7 Å². The van der Waals surface area contributed by atoms with Gasteiger partial charge in [0, 0.05) is 27.0 Å². The molecule has 2 heterocycles. The van der Waals surface area contributed by atoms with Gasteiger partial charge in [-0.15, -0.1) is 0 Å². The highest BCUT2D eigenvalue weighted by molar-refractivity contribution is 8.18. The summed E-state index contributed by atoms with van der Waals surface area (Å²) in [6, 6.07) is 14.1. The van der Waals surface area contributed by atoms with E-state index < -0.39 is 17.1 Å². The monoisotopic (exact) mass is 514 g/mol. The number of imide groups is 1. The van der Waals surface area contributed by atoms with Gasteiger partial charge in [0.05, 0.1) is 29.8 Å². The van der Waals surface area contributed by atoms with Gasteiger partial charge in [-0.3, -0.25) is 14.5 Å². The fraction of sp³-hybridized carbons (Fsp3) is 0.160. The normalized spacial score (nSPS) is 14.9. The average Bonchev–Trinajstić information content (AvgIpc) is 3.24. The molecule has 1 aliphatic rings. The number of halogens is 2. The molecule has 174 valence electrons. The first-order chi connectivity index (χ1) is 16.2. The standard InChI is InChI=1S/C25H20Cl2N2O4S/c1-14-11-16(15(2)29(14)21-10-5-4-7-17(21)24(31)33-3)12-22-23(30)28(25(32)34-22)13-18-19(26)8-6-9-20(18)27/h4-12H,13H2,1-3H3/b22-12-. The SMILES string of the molecule is COC(=O)c1ccccc1-n1c(C)cc(/C=C2\SC(=O)N(Cc3c(Cl)cccc3Cl)C2=O)c1C. The lowest BCUT2D eigenvalue weighted by atomic mass is 10.1. The van der Waals surface area contributed by atoms with E-state index in [9.17, 15) is 14.4 Å². The number of esters is 1. The summed E-state index contributed by atoms with van der Waals surface area (Å²) in [6.07, 6.45) is 1.69. The second-order valence-corrected chi connectivity index (χ2v) is 9.45. The van der Waals surface area contributed by atoms with E-state index in [2.05, 4.69) is 0 Å². The molecule has 4 rings (SSSR count). The molecule has 0 atom stereocenters. The number of amides is 2. The second-order valence-electron chi connectivity index (χ2n) is 7.64. The van der Waals surface area contributed by atoms with Crippen molar-refractivity contribution in [2.45, 2.75) is 20.4 Å². The molecule has 1 fully saturated rings. The number of benzene rings is 2. The Morgan fingerprint density at radius 3 is 2.41 bits per heavy atom. The predicted molar refractivity (Wildman–Crippen MR) is 135 cm³/mol. The van der Waals surface area contributed by atoms with Crippen LogP contribution in [0.4, 0.5) is 4.79 Å². The predicted octanol–water partition coefficient (Wildman–Crippen LogP) is 6.42. The second kappa shape index (κ2) is 9.70. The first-order valence-electron chi connectivity index (χ1n) is 10.3. The van der Waals surface area contributed by atoms with Crippen molar-refractivity contribution >= 4 is 58.2 Å². The lowest BCUT2D eigenvalue weighted by Crippen LogP contribution is -2.27. The van der Waals surface area contributed by atoms with Crippen LogP contribution in [0, 0.1) is 13.8 Å². The van der Waals surface area contributed by atoms with E-state index >= 15 is 0 Å². The van der Waals surface area contributed by atoms with Crippen LogP contribution in [0.1, 0.15) is 32.9 Å². The van der Waals surface area contributed by atoms with Crippen molar-refractivity contribution in [3.63, 3.8) is 0 Å². The maximum Gasteiger partial charge on any atom is 0.339 e. The molecule has 2 amide bonds. The minimum Gasteiger partial charge on any atom is -0.465 e. The highest BCUT2D eigenvalue weighted by Gasteiger charge is 2.36. The van der Waals surface area contributed by atoms with Crippen molar-refractivity contribution in [2.24, 2.45) is 0 Å². The van der Waals surface area contributed by atoms with E-state index in [1.165, 1.54) is 7.11 Å². The van der Waals surface area contributed by atoms with Gasteiger partial charge in [-0.2, -0.15) is 0 Å². The smallest absolute Gasteiger partial charge is 0.339 e. The summed E-state index contributed by atoms with van der Waals surface area (Å²) in [5, 5.41) is 0.392. The third-order valence-corrected chi connectivity index (χ3v) is 7.17. The van der Waals surface area contributed by atoms with Crippen LogP contribution >= 0.6 is 35.0 Å². The molecule has 1 saturated heterocycles. The van der Waals surface area contributed by atoms with E-state index in [4.69, 9.17) is 27.9 Å². The van der Waals surface area contributed by atoms with E-state index in [1.54, 1.807) is 36.4 Å². The first-order valence-corrected chi connectivity index (χ1v) is 11.8. The number of rotatable bonds is 5. The molecule has 34 heavy (non-hydrogen) atoms. The van der Waals surface area contributed by atoms with Crippen LogP contribution in [0.3, 0.4) is 0 Å². The number of carbonyl (C=O) groups excluding carboxylic acids is 3. The van der Waals surface area contributed by atoms with Gasteiger partial charge in [0.1, 0.15) is 0 Å². The van der Waals surface area contributed by atoms with Gasteiger partial charge in [0.15, 0.2) is 0 Å². The van der Waals surface area contributed by atoms with E-state index in [-0.39, 0.29) is 6.54 Å². The first kappa shape index (κ1) is 24.1. The molecule has 0 radical (unpaired) electrons. The summed E-state index contributed by atoms with van der Waals surface area (Å²) in [6.45, 7) is 3.79. The zero-order valence-corrected chi connectivity index (χ0v) is 20.9. The summed E-state index contributed by atoms with van der Waals surface area (Å²) < 4.78 is 6.84. The number of nitrogens with zero attached hydrogens (tertiary/aromatic N) is 2. The number of para-hydroxylation sites is 1. The Kier molecular flexibility index (Phi) is 6.89. The Morgan fingerprint density at radius 2 is 1.74 bits per heavy atom. The van der Waals surface area contributed by atoms with Gasteiger partial charge in [-0.05, 0) is 67.6 Å². The van der Waals surface area contributed by atoms with Crippen molar-refractivity contribution in [3.8, 4) is 5.69 Å². The Balaban J connectivity index is 1.68. The molecule has 0 N–H and O–H groups in total. The summed E-state index contributed by atoms with van der Waals surface area (Å²) >= 11 is 13.3. The molecular formula is C25H20Cl2N2O4S. The summed E-state index contributed by atoms with van der Waals surface area (Å²) in [5.41, 5.74) is 4.06. The zero-order chi connectivity index (χ0) is 24.6. The van der Waals surface area contributed by atoms with Gasteiger partial charge in [0.2, 0.25) is 0 Å². The quantitative estimate of drug-likeness (QED) is 0.290. The molecule has 2 aromatic carbocycles. The number of carbonyl (C=O) groups is 3. The van der Waals surface area contributed by atoms with Gasteiger partial charge in [0.25, 0.3) is 11.1 Å². The molecule has 0 bridgehead atoms. The fourth-order valence-electron chi connectivity index (χ4n) is 3.87. The Hall–Kier alpha value is -3.00. The topological polar surface area (TPSA) is 68.6 Å². The van der Waals surface area contributed by atoms with Crippen LogP contribution in [0.25, 0.3) is 11.8 Å². The molecular weight excluding hydrogens is 495 g/mol. The van der Waals surface area contributed by atoms with Crippen molar-refractivity contribution in [1.29, 1.82) is 0 Å². The van der Waals surface area contributed by atoms with Gasteiger partial charge in [-0.25, -0.2) is 4.79 Å². The molecule has 0 spiro atoms. The number of hydrogen-bond acceptors (Lipinski definition) is 5. The van der Waals surface area contributed by atoms with E-state index in [0.29, 0.717) is 31.8 Å². The van der Waals surface area contributed by atoms with Crippen LogP contribution in [-0.2, 0) is 16.1 Å². The Morgan fingerprint density at radius 1 is 1.06 bits per heavy atom. The van der Waals surface area contributed by atoms with Crippen LogP contribution in [0.15, 0.2) is 53.4 Å². The van der Waals surface area contributed by atoms with Crippen LogP contribution in [0.2, 0.25) is 10.0 Å². The lowest BCUT2D eigenvalue weighted by molar-refractivity contribution is -0.123. The minimum atomic E-state index is -0.441. The number of hydrogen-bond donors (Lipinski definition) is 0. The minimum absolute atomic E-state index is 0.00790. The maximum absolute atomic E-state index is 13.1. The fourth-order valence-corrected chi connectivity index (χ4v) is 5.22. The van der Waals surface area contributed by atoms with Crippen LogP contribution in [0.5, 0.6) is 0 Å². The molecule has 0 saturated carbocycles. The molecule has 0 aliphatic carbocycles. The van der Waals surface area contributed by atoms with Gasteiger partial charge in [-0.1, -0.05) is 41.4 Å². The molecule has 0 unspecified atom stereocenters. The lowest BCUT2D eigenvalue weighted by Gasteiger charge is -2.14. The summed E-state index contributed by atoms with van der Waals surface area (Å²) in [5.74, 6) is -0.852. The zero-order valence-electron chi connectivity index (χ0n) is 18.6. The highest BCUT2D eigenvalue weighted by atomic mass is 35.5.